The topological polar surface area (TPSA) is 41.5 Å². The lowest BCUT2D eigenvalue weighted by molar-refractivity contribution is -0.00443. The Balaban J connectivity index is 2.16. The van der Waals surface area contributed by atoms with Crippen molar-refractivity contribution in [2.45, 2.75) is 39.4 Å². The van der Waals surface area contributed by atoms with Crippen LogP contribution in [0.3, 0.4) is 0 Å². The summed E-state index contributed by atoms with van der Waals surface area (Å²) in [6.45, 7) is 7.30. The van der Waals surface area contributed by atoms with E-state index in [1.165, 1.54) is 0 Å². The van der Waals surface area contributed by atoms with Crippen molar-refractivity contribution in [1.82, 2.24) is 0 Å². The van der Waals surface area contributed by atoms with Crippen LogP contribution in [-0.4, -0.2) is 30.5 Å². The van der Waals surface area contributed by atoms with Crippen molar-refractivity contribution in [2.75, 3.05) is 18.5 Å². The van der Waals surface area contributed by atoms with E-state index in [0.29, 0.717) is 19.1 Å². The van der Waals surface area contributed by atoms with Gasteiger partial charge in [-0.15, -0.1) is 0 Å². The molecule has 2 unspecified atom stereocenters. The highest BCUT2D eigenvalue weighted by atomic mass is 16.5. The first kappa shape index (κ1) is 15.0. The molecule has 0 aliphatic heterocycles. The maximum Gasteiger partial charge on any atom is 0.0945 e. The number of anilines is 1. The van der Waals surface area contributed by atoms with Crippen molar-refractivity contribution >= 4 is 5.69 Å². The molecule has 0 aliphatic carbocycles. The summed E-state index contributed by atoms with van der Waals surface area (Å²) in [7, 11) is 0. The molecule has 3 nitrogen and oxygen atoms in total. The summed E-state index contributed by atoms with van der Waals surface area (Å²) in [5.41, 5.74) is 1.02. The molecule has 102 valence electrons. The molecule has 0 spiro atoms. The van der Waals surface area contributed by atoms with Crippen molar-refractivity contribution in [2.24, 2.45) is 5.92 Å². The zero-order chi connectivity index (χ0) is 13.4. The van der Waals surface area contributed by atoms with Crippen LogP contribution < -0.4 is 5.32 Å². The number of benzene rings is 1. The summed E-state index contributed by atoms with van der Waals surface area (Å²) in [4.78, 5) is 0. The number of aliphatic hydroxyl groups is 1. The Kier molecular flexibility index (Phi) is 6.76. The molecular weight excluding hydrogens is 226 g/mol. The van der Waals surface area contributed by atoms with E-state index < -0.39 is 6.10 Å². The SMILES string of the molecule is CC(C)CC(C)OCC(O)CNc1ccccc1. The smallest absolute Gasteiger partial charge is 0.0945 e. The summed E-state index contributed by atoms with van der Waals surface area (Å²) in [5.74, 6) is 0.625. The van der Waals surface area contributed by atoms with Gasteiger partial charge in [0.2, 0.25) is 0 Å². The maximum absolute atomic E-state index is 9.81. The quantitative estimate of drug-likeness (QED) is 0.746. The van der Waals surface area contributed by atoms with Crippen molar-refractivity contribution in [3.8, 4) is 0 Å². The van der Waals surface area contributed by atoms with Crippen molar-refractivity contribution in [3.63, 3.8) is 0 Å². The van der Waals surface area contributed by atoms with E-state index in [0.717, 1.165) is 12.1 Å². The average molecular weight is 251 g/mol. The van der Waals surface area contributed by atoms with E-state index in [1.54, 1.807) is 0 Å². The van der Waals surface area contributed by atoms with E-state index in [9.17, 15) is 5.11 Å². The van der Waals surface area contributed by atoms with Gasteiger partial charge >= 0.3 is 0 Å². The van der Waals surface area contributed by atoms with E-state index in [4.69, 9.17) is 4.74 Å². The van der Waals surface area contributed by atoms with Crippen molar-refractivity contribution < 1.29 is 9.84 Å². The standard InChI is InChI=1S/C15H25NO2/c1-12(2)9-13(3)18-11-15(17)10-16-14-7-5-4-6-8-14/h4-8,12-13,15-17H,9-11H2,1-3H3. The zero-order valence-corrected chi connectivity index (χ0v) is 11.6. The van der Waals surface area contributed by atoms with Gasteiger partial charge in [0.25, 0.3) is 0 Å². The van der Waals surface area contributed by atoms with Crippen LogP contribution in [0.15, 0.2) is 30.3 Å². The predicted octanol–water partition coefficient (Wildman–Crippen LogP) is 2.91. The molecule has 2 atom stereocenters. The fourth-order valence-electron chi connectivity index (χ4n) is 1.86. The first-order valence-electron chi connectivity index (χ1n) is 6.66. The molecule has 0 saturated carbocycles. The molecule has 18 heavy (non-hydrogen) atoms. The van der Waals surface area contributed by atoms with Gasteiger partial charge < -0.3 is 15.2 Å². The number of nitrogens with one attached hydrogen (secondary N) is 1. The Morgan fingerprint density at radius 1 is 1.17 bits per heavy atom. The van der Waals surface area contributed by atoms with Gasteiger partial charge in [-0.25, -0.2) is 0 Å². The minimum Gasteiger partial charge on any atom is -0.389 e. The van der Waals surface area contributed by atoms with Crippen LogP contribution in [0.2, 0.25) is 0 Å². The number of para-hydroxylation sites is 1. The predicted molar refractivity (Wildman–Crippen MR) is 75.8 cm³/mol. The average Bonchev–Trinajstić information content (AvgIpc) is 2.34. The molecule has 1 rings (SSSR count). The molecule has 0 amide bonds. The first-order valence-corrected chi connectivity index (χ1v) is 6.66. The molecule has 0 aliphatic rings. The minimum atomic E-state index is -0.472. The third-order valence-electron chi connectivity index (χ3n) is 2.69. The Hall–Kier alpha value is -1.06. The molecular formula is C15H25NO2. The monoisotopic (exact) mass is 251 g/mol. The number of hydrogen-bond acceptors (Lipinski definition) is 3. The summed E-state index contributed by atoms with van der Waals surface area (Å²) >= 11 is 0. The van der Waals surface area contributed by atoms with Crippen LogP contribution in [0.25, 0.3) is 0 Å². The number of hydrogen-bond donors (Lipinski definition) is 2. The molecule has 0 saturated heterocycles. The van der Waals surface area contributed by atoms with E-state index in [1.807, 2.05) is 30.3 Å². The fraction of sp³-hybridized carbons (Fsp3) is 0.600. The van der Waals surface area contributed by atoms with Crippen LogP contribution in [-0.2, 0) is 4.74 Å². The highest BCUT2D eigenvalue weighted by molar-refractivity contribution is 5.42. The van der Waals surface area contributed by atoms with Crippen LogP contribution in [0.5, 0.6) is 0 Å². The van der Waals surface area contributed by atoms with E-state index in [-0.39, 0.29) is 6.10 Å². The second-order valence-corrected chi connectivity index (χ2v) is 5.17. The summed E-state index contributed by atoms with van der Waals surface area (Å²) < 4.78 is 5.61. The Bertz CT molecular complexity index is 314. The van der Waals surface area contributed by atoms with Gasteiger partial charge in [0, 0.05) is 12.2 Å². The molecule has 0 bridgehead atoms. The zero-order valence-electron chi connectivity index (χ0n) is 11.6. The van der Waals surface area contributed by atoms with Gasteiger partial charge in [-0.05, 0) is 31.4 Å². The first-order chi connectivity index (χ1) is 8.58. The maximum atomic E-state index is 9.81. The summed E-state index contributed by atoms with van der Waals surface area (Å²) in [5, 5.41) is 13.0. The van der Waals surface area contributed by atoms with Crippen molar-refractivity contribution in [1.29, 1.82) is 0 Å². The summed E-state index contributed by atoms with van der Waals surface area (Å²) in [6, 6.07) is 9.87. The molecule has 0 aromatic heterocycles. The molecule has 0 heterocycles. The van der Waals surface area contributed by atoms with Crippen molar-refractivity contribution in [3.05, 3.63) is 30.3 Å². The molecule has 2 N–H and O–H groups in total. The van der Waals surface area contributed by atoms with Gasteiger partial charge in [0.1, 0.15) is 0 Å². The van der Waals surface area contributed by atoms with Crippen LogP contribution in [0, 0.1) is 5.92 Å². The highest BCUT2D eigenvalue weighted by Crippen LogP contribution is 2.08. The number of rotatable bonds is 8. The largest absolute Gasteiger partial charge is 0.389 e. The van der Waals surface area contributed by atoms with E-state index in [2.05, 4.69) is 26.1 Å². The van der Waals surface area contributed by atoms with Crippen LogP contribution in [0.4, 0.5) is 5.69 Å². The minimum absolute atomic E-state index is 0.205. The molecule has 0 fully saturated rings. The molecule has 3 heteroatoms. The van der Waals surface area contributed by atoms with Gasteiger partial charge in [0.05, 0.1) is 18.8 Å². The Labute approximate surface area is 110 Å². The molecule has 0 radical (unpaired) electrons. The lowest BCUT2D eigenvalue weighted by Gasteiger charge is -2.18. The fourth-order valence-corrected chi connectivity index (χ4v) is 1.86. The Morgan fingerprint density at radius 3 is 2.44 bits per heavy atom. The number of aliphatic hydroxyl groups excluding tert-OH is 1. The van der Waals surface area contributed by atoms with Gasteiger partial charge in [-0.2, -0.15) is 0 Å². The lowest BCUT2D eigenvalue weighted by Crippen LogP contribution is -2.27. The van der Waals surface area contributed by atoms with Gasteiger partial charge in [0.15, 0.2) is 0 Å². The third kappa shape index (κ3) is 6.62. The lowest BCUT2D eigenvalue weighted by atomic mass is 10.1. The van der Waals surface area contributed by atoms with E-state index >= 15 is 0 Å². The van der Waals surface area contributed by atoms with Crippen LogP contribution >= 0.6 is 0 Å². The van der Waals surface area contributed by atoms with Gasteiger partial charge in [-0.3, -0.25) is 0 Å². The van der Waals surface area contributed by atoms with Crippen LogP contribution in [0.1, 0.15) is 27.2 Å². The second kappa shape index (κ2) is 8.11. The Morgan fingerprint density at radius 2 is 1.83 bits per heavy atom. The highest BCUT2D eigenvalue weighted by Gasteiger charge is 2.09. The second-order valence-electron chi connectivity index (χ2n) is 5.17. The molecule has 1 aromatic carbocycles. The number of ether oxygens (including phenoxy) is 1. The third-order valence-corrected chi connectivity index (χ3v) is 2.69. The summed E-state index contributed by atoms with van der Waals surface area (Å²) in [6.07, 6.45) is 0.759. The normalized spacial score (nSPS) is 14.5. The van der Waals surface area contributed by atoms with Gasteiger partial charge in [-0.1, -0.05) is 32.0 Å². The molecule has 1 aromatic rings.